The monoisotopic (exact) mass is 314 g/mol. The number of sulfonamides is 1. The van der Waals surface area contributed by atoms with Crippen molar-refractivity contribution in [1.82, 2.24) is 4.31 Å². The lowest BCUT2D eigenvalue weighted by atomic mass is 10.2. The summed E-state index contributed by atoms with van der Waals surface area (Å²) in [5.74, 6) is 1.06. The molecule has 1 aromatic carbocycles. The van der Waals surface area contributed by atoms with Crippen LogP contribution in [0.3, 0.4) is 0 Å². The van der Waals surface area contributed by atoms with Gasteiger partial charge in [0.2, 0.25) is 10.0 Å². The van der Waals surface area contributed by atoms with Crippen molar-refractivity contribution < 1.29 is 17.9 Å². The van der Waals surface area contributed by atoms with Crippen LogP contribution >= 0.6 is 0 Å². The van der Waals surface area contributed by atoms with E-state index in [0.717, 1.165) is 12.8 Å². The summed E-state index contributed by atoms with van der Waals surface area (Å²) < 4.78 is 37.3. The number of hydrogen-bond donors (Lipinski definition) is 1. The van der Waals surface area contributed by atoms with E-state index in [2.05, 4.69) is 0 Å². The summed E-state index contributed by atoms with van der Waals surface area (Å²) in [6.45, 7) is 1.93. The molecule has 7 heteroatoms. The van der Waals surface area contributed by atoms with Crippen LogP contribution in [0, 0.1) is 5.92 Å². The Morgan fingerprint density at radius 1 is 1.24 bits per heavy atom. The Hall–Kier alpha value is -1.47. The van der Waals surface area contributed by atoms with E-state index in [0.29, 0.717) is 11.7 Å². The van der Waals surface area contributed by atoms with Gasteiger partial charge in [-0.1, -0.05) is 0 Å². The van der Waals surface area contributed by atoms with Crippen LogP contribution in [0.1, 0.15) is 19.8 Å². The number of nitrogen functional groups attached to an aromatic ring is 1. The Labute approximate surface area is 125 Å². The summed E-state index contributed by atoms with van der Waals surface area (Å²) in [7, 11) is 0.832. The molecule has 0 spiro atoms. The van der Waals surface area contributed by atoms with Crippen molar-refractivity contribution in [3.8, 4) is 11.5 Å². The fourth-order valence-corrected chi connectivity index (χ4v) is 3.94. The molecule has 1 aromatic rings. The van der Waals surface area contributed by atoms with Crippen molar-refractivity contribution in [2.75, 3.05) is 27.0 Å². The second kappa shape index (κ2) is 5.73. The predicted molar refractivity (Wildman–Crippen MR) is 81.1 cm³/mol. The largest absolute Gasteiger partial charge is 0.495 e. The minimum atomic E-state index is -3.66. The van der Waals surface area contributed by atoms with Crippen molar-refractivity contribution in [2.24, 2.45) is 5.92 Å². The summed E-state index contributed by atoms with van der Waals surface area (Å²) >= 11 is 0. The van der Waals surface area contributed by atoms with Gasteiger partial charge >= 0.3 is 0 Å². The first-order chi connectivity index (χ1) is 9.82. The molecule has 0 aromatic heterocycles. The zero-order valence-corrected chi connectivity index (χ0v) is 13.6. The van der Waals surface area contributed by atoms with Gasteiger partial charge in [0.1, 0.15) is 16.4 Å². The van der Waals surface area contributed by atoms with Gasteiger partial charge in [0.05, 0.1) is 19.9 Å². The highest BCUT2D eigenvalue weighted by Gasteiger charge is 2.37. The molecule has 6 nitrogen and oxygen atoms in total. The average molecular weight is 314 g/mol. The van der Waals surface area contributed by atoms with Crippen LogP contribution in [0.15, 0.2) is 17.0 Å². The molecule has 1 saturated carbocycles. The van der Waals surface area contributed by atoms with Crippen molar-refractivity contribution in [3.63, 3.8) is 0 Å². The smallest absolute Gasteiger partial charge is 0.246 e. The fraction of sp³-hybridized carbons (Fsp3) is 0.571. The molecular formula is C14H22N2O4S. The molecule has 0 radical (unpaired) electrons. The van der Waals surface area contributed by atoms with Gasteiger partial charge in [0, 0.05) is 19.2 Å². The minimum absolute atomic E-state index is 0.0389. The van der Waals surface area contributed by atoms with Gasteiger partial charge in [0.15, 0.2) is 0 Å². The zero-order valence-electron chi connectivity index (χ0n) is 12.8. The van der Waals surface area contributed by atoms with E-state index in [1.807, 2.05) is 6.92 Å². The van der Waals surface area contributed by atoms with Gasteiger partial charge in [0.25, 0.3) is 0 Å². The number of hydrogen-bond acceptors (Lipinski definition) is 5. The van der Waals surface area contributed by atoms with Gasteiger partial charge in [-0.15, -0.1) is 0 Å². The quantitative estimate of drug-likeness (QED) is 0.808. The maximum atomic E-state index is 12.8. The first-order valence-corrected chi connectivity index (χ1v) is 8.26. The summed E-state index contributed by atoms with van der Waals surface area (Å²) in [4.78, 5) is 0.0679. The van der Waals surface area contributed by atoms with Crippen LogP contribution in [-0.4, -0.2) is 40.0 Å². The number of ether oxygens (including phenoxy) is 2. The summed E-state index contributed by atoms with van der Waals surface area (Å²) in [6, 6.07) is 2.85. The third-order valence-electron chi connectivity index (χ3n) is 4.05. The summed E-state index contributed by atoms with van der Waals surface area (Å²) in [6.07, 6.45) is 2.14. The summed E-state index contributed by atoms with van der Waals surface area (Å²) in [5.41, 5.74) is 6.10. The Bertz CT molecular complexity index is 626. The van der Waals surface area contributed by atoms with Gasteiger partial charge in [-0.3, -0.25) is 0 Å². The second-order valence-corrected chi connectivity index (χ2v) is 7.31. The van der Waals surface area contributed by atoms with Gasteiger partial charge in [-0.05, 0) is 31.7 Å². The molecule has 1 unspecified atom stereocenters. The van der Waals surface area contributed by atoms with Gasteiger partial charge < -0.3 is 15.2 Å². The highest BCUT2D eigenvalue weighted by atomic mass is 32.2. The topological polar surface area (TPSA) is 81.9 Å². The van der Waals surface area contributed by atoms with Crippen molar-refractivity contribution in [2.45, 2.75) is 30.7 Å². The van der Waals surface area contributed by atoms with Crippen LogP contribution < -0.4 is 15.2 Å². The lowest BCUT2D eigenvalue weighted by molar-refractivity contribution is 0.351. The van der Waals surface area contributed by atoms with E-state index in [4.69, 9.17) is 15.2 Å². The van der Waals surface area contributed by atoms with Crippen molar-refractivity contribution in [3.05, 3.63) is 12.1 Å². The van der Waals surface area contributed by atoms with E-state index in [9.17, 15) is 8.42 Å². The minimum Gasteiger partial charge on any atom is -0.495 e. The SMILES string of the molecule is COc1cc(OC)c(S(=O)(=O)N(C)C(C)C2CC2)cc1N. The van der Waals surface area contributed by atoms with Crippen molar-refractivity contribution in [1.29, 1.82) is 0 Å². The molecule has 118 valence electrons. The van der Waals surface area contributed by atoms with Crippen LogP contribution in [0.5, 0.6) is 11.5 Å². The maximum absolute atomic E-state index is 12.8. The molecule has 21 heavy (non-hydrogen) atoms. The first kappa shape index (κ1) is 15.9. The highest BCUT2D eigenvalue weighted by Crippen LogP contribution is 2.39. The fourth-order valence-electron chi connectivity index (χ4n) is 2.34. The van der Waals surface area contributed by atoms with Crippen LogP contribution in [-0.2, 0) is 10.0 Å². The number of nitrogens with two attached hydrogens (primary N) is 1. The molecule has 2 N–H and O–H groups in total. The van der Waals surface area contributed by atoms with Crippen LogP contribution in [0.2, 0.25) is 0 Å². The molecule has 0 heterocycles. The number of anilines is 1. The molecule has 0 bridgehead atoms. The number of benzene rings is 1. The highest BCUT2D eigenvalue weighted by molar-refractivity contribution is 7.89. The molecule has 0 amide bonds. The molecular weight excluding hydrogens is 292 g/mol. The lowest BCUT2D eigenvalue weighted by Crippen LogP contribution is -2.36. The zero-order chi connectivity index (χ0) is 15.8. The van der Waals surface area contributed by atoms with E-state index in [-0.39, 0.29) is 22.4 Å². The molecule has 0 saturated heterocycles. The molecule has 1 atom stereocenters. The van der Waals surface area contributed by atoms with E-state index in [1.165, 1.54) is 30.7 Å². The van der Waals surface area contributed by atoms with Crippen molar-refractivity contribution >= 4 is 15.7 Å². The predicted octanol–water partition coefficient (Wildman–Crippen LogP) is 1.71. The molecule has 0 aliphatic heterocycles. The lowest BCUT2D eigenvalue weighted by Gasteiger charge is -2.25. The third kappa shape index (κ3) is 2.94. The standard InChI is InChI=1S/C14H22N2O4S/c1-9(10-5-6-10)16(2)21(17,18)14-7-11(15)12(19-3)8-13(14)20-4/h7-10H,5-6,15H2,1-4H3. The van der Waals surface area contributed by atoms with E-state index >= 15 is 0 Å². The average Bonchev–Trinajstić information content (AvgIpc) is 3.29. The Balaban J connectivity index is 2.45. The summed E-state index contributed by atoms with van der Waals surface area (Å²) in [5, 5.41) is 0. The number of methoxy groups -OCH3 is 2. The van der Waals surface area contributed by atoms with Gasteiger partial charge in [-0.25, -0.2) is 8.42 Å². The van der Waals surface area contributed by atoms with E-state index in [1.54, 1.807) is 7.05 Å². The van der Waals surface area contributed by atoms with Gasteiger partial charge in [-0.2, -0.15) is 4.31 Å². The Morgan fingerprint density at radius 3 is 2.29 bits per heavy atom. The molecule has 1 aliphatic carbocycles. The number of rotatable bonds is 6. The van der Waals surface area contributed by atoms with Crippen LogP contribution in [0.4, 0.5) is 5.69 Å². The maximum Gasteiger partial charge on any atom is 0.246 e. The third-order valence-corrected chi connectivity index (χ3v) is 6.02. The molecule has 1 aliphatic rings. The first-order valence-electron chi connectivity index (χ1n) is 6.82. The molecule has 1 fully saturated rings. The number of nitrogens with zero attached hydrogens (tertiary/aromatic N) is 1. The van der Waals surface area contributed by atoms with Crippen LogP contribution in [0.25, 0.3) is 0 Å². The molecule has 2 rings (SSSR count). The normalized spacial score (nSPS) is 16.8. The Kier molecular flexibility index (Phi) is 4.34. The van der Waals surface area contributed by atoms with E-state index < -0.39 is 10.0 Å². The Morgan fingerprint density at radius 2 is 1.81 bits per heavy atom. The second-order valence-electron chi connectivity index (χ2n) is 5.34.